The summed E-state index contributed by atoms with van der Waals surface area (Å²) in [5.74, 6) is 1.35. The highest BCUT2D eigenvalue weighted by atomic mass is 32.1. The van der Waals surface area contributed by atoms with E-state index in [0.717, 1.165) is 36.4 Å². The van der Waals surface area contributed by atoms with Gasteiger partial charge >= 0.3 is 0 Å². The topological polar surface area (TPSA) is 72.1 Å². The summed E-state index contributed by atoms with van der Waals surface area (Å²) in [5.41, 5.74) is 0.811. The van der Waals surface area contributed by atoms with Crippen molar-refractivity contribution in [2.45, 2.75) is 19.4 Å². The van der Waals surface area contributed by atoms with Crippen molar-refractivity contribution in [2.75, 3.05) is 13.1 Å². The molecule has 6 nitrogen and oxygen atoms in total. The number of pyridine rings is 1. The molecule has 0 bridgehead atoms. The largest absolute Gasteiger partial charge is 0.419 e. The molecule has 3 aromatic rings. The third kappa shape index (κ3) is 3.67. The summed E-state index contributed by atoms with van der Waals surface area (Å²) in [5, 5.41) is 10.2. The lowest BCUT2D eigenvalue weighted by Crippen LogP contribution is -2.38. The summed E-state index contributed by atoms with van der Waals surface area (Å²) in [6.07, 6.45) is 5.36. The first-order valence-corrected chi connectivity index (χ1v) is 9.20. The van der Waals surface area contributed by atoms with Crippen LogP contribution in [0.1, 0.15) is 28.4 Å². The molecule has 0 aliphatic carbocycles. The van der Waals surface area contributed by atoms with Crippen LogP contribution in [-0.2, 0) is 6.54 Å². The number of hydrogen-bond acceptors (Lipinski definition) is 7. The van der Waals surface area contributed by atoms with E-state index in [2.05, 4.69) is 20.1 Å². The minimum absolute atomic E-state index is 0.0492. The molecule has 0 saturated carbocycles. The molecular formula is C18H18N4O2S. The quantitative estimate of drug-likeness (QED) is 0.655. The number of thiophene rings is 1. The predicted octanol–water partition coefficient (Wildman–Crippen LogP) is 3.29. The molecule has 1 atom stereocenters. The van der Waals surface area contributed by atoms with Crippen molar-refractivity contribution in [3.8, 4) is 11.5 Å². The van der Waals surface area contributed by atoms with Gasteiger partial charge < -0.3 is 4.42 Å². The number of nitrogens with zero attached hydrogens (tertiary/aromatic N) is 4. The molecule has 25 heavy (non-hydrogen) atoms. The average Bonchev–Trinajstić information content (AvgIpc) is 3.34. The average molecular weight is 354 g/mol. The Labute approximate surface area is 149 Å². The second kappa shape index (κ2) is 7.25. The van der Waals surface area contributed by atoms with Gasteiger partial charge in [-0.3, -0.25) is 14.7 Å². The maximum absolute atomic E-state index is 12.6. The molecular weight excluding hydrogens is 336 g/mol. The van der Waals surface area contributed by atoms with Gasteiger partial charge in [0.2, 0.25) is 11.8 Å². The van der Waals surface area contributed by atoms with Crippen LogP contribution in [0.25, 0.3) is 11.5 Å². The Balaban J connectivity index is 1.41. The molecule has 0 N–H and O–H groups in total. The van der Waals surface area contributed by atoms with E-state index in [1.54, 1.807) is 12.4 Å². The van der Waals surface area contributed by atoms with E-state index in [-0.39, 0.29) is 11.7 Å². The highest BCUT2D eigenvalue weighted by Crippen LogP contribution is 2.24. The van der Waals surface area contributed by atoms with Crippen molar-refractivity contribution in [1.29, 1.82) is 0 Å². The number of carbonyl (C=O) groups is 1. The number of aromatic nitrogens is 3. The van der Waals surface area contributed by atoms with Crippen molar-refractivity contribution < 1.29 is 9.21 Å². The smallest absolute Gasteiger partial charge is 0.249 e. The molecule has 1 unspecified atom stereocenters. The number of carbonyl (C=O) groups excluding carboxylic acids is 1. The predicted molar refractivity (Wildman–Crippen MR) is 94.2 cm³/mol. The van der Waals surface area contributed by atoms with Crippen LogP contribution in [0, 0.1) is 5.92 Å². The molecule has 1 aliphatic rings. The zero-order chi connectivity index (χ0) is 17.1. The van der Waals surface area contributed by atoms with Crippen LogP contribution < -0.4 is 0 Å². The number of likely N-dealkylation sites (tertiary alicyclic amines) is 1. The van der Waals surface area contributed by atoms with Gasteiger partial charge in [-0.25, -0.2) is 0 Å². The van der Waals surface area contributed by atoms with Crippen LogP contribution in [0.5, 0.6) is 0 Å². The molecule has 0 amide bonds. The molecule has 4 rings (SSSR count). The van der Waals surface area contributed by atoms with Gasteiger partial charge in [0.1, 0.15) is 0 Å². The molecule has 128 valence electrons. The second-order valence-electron chi connectivity index (χ2n) is 6.16. The normalized spacial score (nSPS) is 18.3. The van der Waals surface area contributed by atoms with E-state index < -0.39 is 0 Å². The Hall–Kier alpha value is -2.38. The first-order chi connectivity index (χ1) is 12.3. The lowest BCUT2D eigenvalue weighted by Gasteiger charge is -2.30. The molecule has 1 aliphatic heterocycles. The van der Waals surface area contributed by atoms with Crippen molar-refractivity contribution in [1.82, 2.24) is 20.1 Å². The third-order valence-corrected chi connectivity index (χ3v) is 5.26. The fourth-order valence-electron chi connectivity index (χ4n) is 3.15. The van der Waals surface area contributed by atoms with Gasteiger partial charge in [0.15, 0.2) is 5.78 Å². The molecule has 0 aromatic carbocycles. The summed E-state index contributed by atoms with van der Waals surface area (Å²) in [4.78, 5) is 19.7. The SMILES string of the molecule is O=C(c1cccs1)C1CCCN(Cc2nnc(-c3cccnc3)o2)C1. The van der Waals surface area contributed by atoms with Gasteiger partial charge in [-0.2, -0.15) is 0 Å². The van der Waals surface area contributed by atoms with E-state index in [9.17, 15) is 4.79 Å². The van der Waals surface area contributed by atoms with Gasteiger partial charge in [-0.1, -0.05) is 6.07 Å². The molecule has 0 spiro atoms. The van der Waals surface area contributed by atoms with E-state index in [1.807, 2.05) is 29.6 Å². The lowest BCUT2D eigenvalue weighted by atomic mass is 9.93. The lowest BCUT2D eigenvalue weighted by molar-refractivity contribution is 0.0804. The molecule has 3 aromatic heterocycles. The molecule has 0 radical (unpaired) electrons. The molecule has 1 saturated heterocycles. The van der Waals surface area contributed by atoms with Gasteiger partial charge in [-0.15, -0.1) is 21.5 Å². The number of ketones is 1. The van der Waals surface area contributed by atoms with Gasteiger partial charge in [0.05, 0.1) is 17.0 Å². The first-order valence-electron chi connectivity index (χ1n) is 8.32. The zero-order valence-corrected chi connectivity index (χ0v) is 14.5. The van der Waals surface area contributed by atoms with Crippen LogP contribution >= 0.6 is 11.3 Å². The van der Waals surface area contributed by atoms with Crippen molar-refractivity contribution in [3.05, 3.63) is 52.8 Å². The van der Waals surface area contributed by atoms with E-state index in [1.165, 1.54) is 11.3 Å². The first kappa shape index (κ1) is 16.1. The van der Waals surface area contributed by atoms with Gasteiger partial charge in [0, 0.05) is 24.9 Å². The van der Waals surface area contributed by atoms with Crippen molar-refractivity contribution in [3.63, 3.8) is 0 Å². The maximum Gasteiger partial charge on any atom is 0.249 e. The van der Waals surface area contributed by atoms with E-state index in [4.69, 9.17) is 4.42 Å². The van der Waals surface area contributed by atoms with Crippen LogP contribution in [-0.4, -0.2) is 39.0 Å². The Morgan fingerprint density at radius 3 is 3.08 bits per heavy atom. The Morgan fingerprint density at radius 2 is 2.28 bits per heavy atom. The number of piperidine rings is 1. The Bertz CT molecular complexity index is 832. The molecule has 4 heterocycles. The van der Waals surface area contributed by atoms with Crippen LogP contribution in [0.2, 0.25) is 0 Å². The standard InChI is InChI=1S/C18H18N4O2S/c23-17(15-6-3-9-25-15)14-5-2-8-22(11-14)12-16-20-21-18(24-16)13-4-1-7-19-10-13/h1,3-4,6-7,9-10,14H,2,5,8,11-12H2. The fraction of sp³-hybridized carbons (Fsp3) is 0.333. The minimum Gasteiger partial charge on any atom is -0.419 e. The molecule has 7 heteroatoms. The highest BCUT2D eigenvalue weighted by molar-refractivity contribution is 7.12. The Morgan fingerprint density at radius 1 is 1.32 bits per heavy atom. The van der Waals surface area contributed by atoms with Crippen LogP contribution in [0.15, 0.2) is 46.5 Å². The second-order valence-corrected chi connectivity index (χ2v) is 7.11. The summed E-state index contributed by atoms with van der Waals surface area (Å²) in [7, 11) is 0. The van der Waals surface area contributed by atoms with Crippen molar-refractivity contribution >= 4 is 17.1 Å². The summed E-state index contributed by atoms with van der Waals surface area (Å²) in [6.45, 7) is 2.25. The fourth-order valence-corrected chi connectivity index (χ4v) is 3.89. The van der Waals surface area contributed by atoms with Gasteiger partial charge in [0.25, 0.3) is 0 Å². The number of rotatable bonds is 5. The van der Waals surface area contributed by atoms with Gasteiger partial charge in [-0.05, 0) is 43.0 Å². The number of hydrogen-bond donors (Lipinski definition) is 0. The zero-order valence-electron chi connectivity index (χ0n) is 13.7. The van der Waals surface area contributed by atoms with E-state index >= 15 is 0 Å². The molecule has 1 fully saturated rings. The monoisotopic (exact) mass is 354 g/mol. The maximum atomic E-state index is 12.6. The highest BCUT2D eigenvalue weighted by Gasteiger charge is 2.28. The summed E-state index contributed by atoms with van der Waals surface area (Å²) >= 11 is 1.52. The van der Waals surface area contributed by atoms with E-state index in [0.29, 0.717) is 18.3 Å². The van der Waals surface area contributed by atoms with Crippen molar-refractivity contribution in [2.24, 2.45) is 5.92 Å². The Kier molecular flexibility index (Phi) is 4.67. The summed E-state index contributed by atoms with van der Waals surface area (Å²) < 4.78 is 5.75. The van der Waals surface area contributed by atoms with Crippen LogP contribution in [0.3, 0.4) is 0 Å². The minimum atomic E-state index is 0.0492. The van der Waals surface area contributed by atoms with Crippen LogP contribution in [0.4, 0.5) is 0 Å². The number of Topliss-reactive ketones (excluding diaryl/α,β-unsaturated/α-hetero) is 1. The third-order valence-electron chi connectivity index (χ3n) is 4.37. The summed E-state index contributed by atoms with van der Waals surface area (Å²) in [6, 6.07) is 7.56.